The molecule has 3 nitrogen and oxygen atoms in total. The molecule has 0 amide bonds. The number of benzene rings is 2. The maximum atomic E-state index is 13.5. The van der Waals surface area contributed by atoms with Gasteiger partial charge in [-0.05, 0) is 48.1 Å². The van der Waals surface area contributed by atoms with Crippen LogP contribution in [0.2, 0.25) is 0 Å². The number of nitrogens with one attached hydrogen (secondary N) is 2. The third kappa shape index (κ3) is 6.08. The molecule has 0 aliphatic carbocycles. The van der Waals surface area contributed by atoms with Gasteiger partial charge in [-0.3, -0.25) is 0 Å². The van der Waals surface area contributed by atoms with Crippen LogP contribution in [0.25, 0.3) is 0 Å². The van der Waals surface area contributed by atoms with Crippen molar-refractivity contribution < 1.29 is 9.13 Å². The molecule has 0 unspecified atom stereocenters. The number of thioether (sulfide) groups is 1. The third-order valence-corrected chi connectivity index (χ3v) is 4.35. The van der Waals surface area contributed by atoms with Gasteiger partial charge >= 0.3 is 0 Å². The number of ether oxygens (including phenoxy) is 1. The Morgan fingerprint density at radius 1 is 1.17 bits per heavy atom. The Labute approximate surface area is 145 Å². The lowest BCUT2D eigenvalue weighted by Crippen LogP contribution is -2.30. The van der Waals surface area contributed by atoms with Gasteiger partial charge in [-0.2, -0.15) is 11.8 Å². The first-order valence-electron chi connectivity index (χ1n) is 7.19. The normalized spacial score (nSPS) is 10.2. The van der Waals surface area contributed by atoms with Gasteiger partial charge in [0.25, 0.3) is 0 Å². The summed E-state index contributed by atoms with van der Waals surface area (Å²) in [5.74, 6) is 2.16. The van der Waals surface area contributed by atoms with Crippen LogP contribution in [0.15, 0.2) is 48.5 Å². The molecule has 23 heavy (non-hydrogen) atoms. The lowest BCUT2D eigenvalue weighted by Gasteiger charge is -2.11. The maximum absolute atomic E-state index is 13.5. The molecule has 2 aromatic carbocycles. The molecule has 0 aliphatic rings. The van der Waals surface area contributed by atoms with Crippen LogP contribution in [-0.2, 0) is 5.75 Å². The van der Waals surface area contributed by atoms with E-state index < -0.39 is 0 Å². The van der Waals surface area contributed by atoms with Crippen molar-refractivity contribution >= 4 is 34.8 Å². The minimum absolute atomic E-state index is 0.148. The highest BCUT2D eigenvalue weighted by molar-refractivity contribution is 7.98. The minimum Gasteiger partial charge on any atom is -0.497 e. The Balaban J connectivity index is 1.64. The largest absolute Gasteiger partial charge is 0.497 e. The van der Waals surface area contributed by atoms with E-state index in [0.29, 0.717) is 10.9 Å². The number of halogens is 1. The standard InChI is InChI=1S/C17H19FN2OS2/c1-21-15-8-6-14(7-9-15)20-17(22)19-10-11-23-12-13-4-2-3-5-16(13)18/h2-9H,10-12H2,1H3,(H2,19,20,22). The van der Waals surface area contributed by atoms with Gasteiger partial charge in [-0.15, -0.1) is 0 Å². The van der Waals surface area contributed by atoms with Gasteiger partial charge in [-0.25, -0.2) is 4.39 Å². The summed E-state index contributed by atoms with van der Waals surface area (Å²) in [5.41, 5.74) is 1.64. The Hall–Kier alpha value is -1.79. The summed E-state index contributed by atoms with van der Waals surface area (Å²) in [4.78, 5) is 0. The van der Waals surface area contributed by atoms with Gasteiger partial charge in [0.1, 0.15) is 11.6 Å². The molecule has 0 heterocycles. The van der Waals surface area contributed by atoms with E-state index in [1.165, 1.54) is 6.07 Å². The molecular weight excluding hydrogens is 331 g/mol. The van der Waals surface area contributed by atoms with Crippen LogP contribution in [0, 0.1) is 5.82 Å². The number of thiocarbonyl (C=S) groups is 1. The van der Waals surface area contributed by atoms with Crippen molar-refractivity contribution in [3.63, 3.8) is 0 Å². The quantitative estimate of drug-likeness (QED) is 0.581. The van der Waals surface area contributed by atoms with Crippen LogP contribution >= 0.6 is 24.0 Å². The predicted molar refractivity (Wildman–Crippen MR) is 99.8 cm³/mol. The van der Waals surface area contributed by atoms with E-state index in [1.807, 2.05) is 36.4 Å². The zero-order valence-electron chi connectivity index (χ0n) is 12.8. The topological polar surface area (TPSA) is 33.3 Å². The third-order valence-electron chi connectivity index (χ3n) is 3.10. The van der Waals surface area contributed by atoms with Gasteiger partial charge in [0.15, 0.2) is 5.11 Å². The lowest BCUT2D eigenvalue weighted by molar-refractivity contribution is 0.415. The molecule has 6 heteroatoms. The van der Waals surface area contributed by atoms with Crippen LogP contribution in [0.1, 0.15) is 5.56 Å². The van der Waals surface area contributed by atoms with Crippen molar-refractivity contribution in [3.8, 4) is 5.75 Å². The molecule has 2 aromatic rings. The van der Waals surface area contributed by atoms with Gasteiger partial charge < -0.3 is 15.4 Å². The van der Waals surface area contributed by atoms with Crippen LogP contribution in [0.4, 0.5) is 10.1 Å². The van der Waals surface area contributed by atoms with Crippen molar-refractivity contribution in [1.29, 1.82) is 0 Å². The van der Waals surface area contributed by atoms with Gasteiger partial charge in [0.05, 0.1) is 7.11 Å². The molecule has 0 bridgehead atoms. The molecule has 2 N–H and O–H groups in total. The fourth-order valence-electron chi connectivity index (χ4n) is 1.88. The summed E-state index contributed by atoms with van der Waals surface area (Å²) in [6.45, 7) is 0.723. The van der Waals surface area contributed by atoms with E-state index in [9.17, 15) is 4.39 Å². The Morgan fingerprint density at radius 3 is 2.61 bits per heavy atom. The number of methoxy groups -OCH3 is 1. The van der Waals surface area contributed by atoms with E-state index in [1.54, 1.807) is 24.9 Å². The second kappa shape index (κ2) is 9.37. The average molecular weight is 350 g/mol. The minimum atomic E-state index is -0.148. The van der Waals surface area contributed by atoms with E-state index in [4.69, 9.17) is 17.0 Å². The molecule has 0 fully saturated rings. The van der Waals surface area contributed by atoms with Crippen LogP contribution < -0.4 is 15.4 Å². The summed E-state index contributed by atoms with van der Waals surface area (Å²) >= 11 is 6.91. The van der Waals surface area contributed by atoms with E-state index in [0.717, 1.165) is 29.3 Å². The Morgan fingerprint density at radius 2 is 1.91 bits per heavy atom. The average Bonchev–Trinajstić information content (AvgIpc) is 2.57. The smallest absolute Gasteiger partial charge is 0.170 e. The SMILES string of the molecule is COc1ccc(NC(=S)NCCSCc2ccccc2F)cc1. The van der Waals surface area contributed by atoms with Crippen LogP contribution in [-0.4, -0.2) is 24.5 Å². The van der Waals surface area contributed by atoms with Gasteiger partial charge in [0.2, 0.25) is 0 Å². The summed E-state index contributed by atoms with van der Waals surface area (Å²) in [7, 11) is 1.63. The first kappa shape index (κ1) is 17.6. The monoisotopic (exact) mass is 350 g/mol. The number of hydrogen-bond donors (Lipinski definition) is 2. The number of anilines is 1. The van der Waals surface area contributed by atoms with E-state index in [-0.39, 0.29) is 5.82 Å². The predicted octanol–water partition coefficient (Wildman–Crippen LogP) is 4.05. The molecule has 0 aromatic heterocycles. The number of hydrogen-bond acceptors (Lipinski definition) is 3. The van der Waals surface area contributed by atoms with Crippen molar-refractivity contribution in [2.24, 2.45) is 0 Å². The fourth-order valence-corrected chi connectivity index (χ4v) is 2.95. The summed E-state index contributed by atoms with van der Waals surface area (Å²) < 4.78 is 18.6. The van der Waals surface area contributed by atoms with Crippen molar-refractivity contribution in [1.82, 2.24) is 5.32 Å². The van der Waals surface area contributed by atoms with Crippen LogP contribution in [0.5, 0.6) is 5.75 Å². The highest BCUT2D eigenvalue weighted by atomic mass is 32.2. The molecule has 0 atom stereocenters. The zero-order chi connectivity index (χ0) is 16.5. The Kier molecular flexibility index (Phi) is 7.16. The van der Waals surface area contributed by atoms with Crippen molar-refractivity contribution in [3.05, 3.63) is 59.9 Å². The van der Waals surface area contributed by atoms with Crippen molar-refractivity contribution in [2.75, 3.05) is 24.7 Å². The second-order valence-electron chi connectivity index (χ2n) is 4.75. The first-order valence-corrected chi connectivity index (χ1v) is 8.75. The summed E-state index contributed by atoms with van der Waals surface area (Å²) in [5, 5.41) is 6.81. The van der Waals surface area contributed by atoms with Gasteiger partial charge in [0, 0.05) is 23.7 Å². The van der Waals surface area contributed by atoms with Crippen LogP contribution in [0.3, 0.4) is 0 Å². The molecule has 0 aliphatic heterocycles. The summed E-state index contributed by atoms with van der Waals surface area (Å²) in [6.07, 6.45) is 0. The highest BCUT2D eigenvalue weighted by Gasteiger charge is 2.01. The molecule has 0 spiro atoms. The molecular formula is C17H19FN2OS2. The molecule has 2 rings (SSSR count). The number of rotatable bonds is 7. The highest BCUT2D eigenvalue weighted by Crippen LogP contribution is 2.16. The second-order valence-corrected chi connectivity index (χ2v) is 6.27. The Bertz CT molecular complexity index is 635. The summed E-state index contributed by atoms with van der Waals surface area (Å²) in [6, 6.07) is 14.4. The van der Waals surface area contributed by atoms with Crippen molar-refractivity contribution in [2.45, 2.75) is 5.75 Å². The zero-order valence-corrected chi connectivity index (χ0v) is 14.5. The first-order chi connectivity index (χ1) is 11.2. The fraction of sp³-hybridized carbons (Fsp3) is 0.235. The lowest BCUT2D eigenvalue weighted by atomic mass is 10.2. The molecule has 0 saturated heterocycles. The molecule has 0 saturated carbocycles. The molecule has 0 radical (unpaired) electrons. The molecule has 122 valence electrons. The van der Waals surface area contributed by atoms with E-state index in [2.05, 4.69) is 10.6 Å². The van der Waals surface area contributed by atoms with E-state index >= 15 is 0 Å². The van der Waals surface area contributed by atoms with Gasteiger partial charge in [-0.1, -0.05) is 18.2 Å². The maximum Gasteiger partial charge on any atom is 0.170 e.